The third-order valence-corrected chi connectivity index (χ3v) is 2.65. The topological polar surface area (TPSA) is 20.2 Å². The molecular formula is C10H18O. The van der Waals surface area contributed by atoms with Gasteiger partial charge in [0.2, 0.25) is 0 Å². The normalized spacial score (nSPS) is 31.7. The molecule has 2 atom stereocenters. The van der Waals surface area contributed by atoms with Crippen molar-refractivity contribution in [2.24, 2.45) is 11.8 Å². The Balaban J connectivity index is 2.49. The number of aliphatic hydroxyl groups excluding tert-OH is 1. The second-order valence-electron chi connectivity index (χ2n) is 3.73. The van der Waals surface area contributed by atoms with E-state index in [9.17, 15) is 0 Å². The van der Waals surface area contributed by atoms with E-state index in [1.54, 1.807) is 0 Å². The van der Waals surface area contributed by atoms with Crippen LogP contribution >= 0.6 is 0 Å². The summed E-state index contributed by atoms with van der Waals surface area (Å²) in [5, 5.41) is 8.80. The van der Waals surface area contributed by atoms with E-state index in [-0.39, 0.29) is 0 Å². The molecule has 1 aliphatic carbocycles. The molecule has 0 bridgehead atoms. The zero-order valence-electron chi connectivity index (χ0n) is 7.51. The van der Waals surface area contributed by atoms with Crippen molar-refractivity contribution in [2.75, 3.05) is 6.61 Å². The highest BCUT2D eigenvalue weighted by Crippen LogP contribution is 2.30. The van der Waals surface area contributed by atoms with Crippen molar-refractivity contribution in [1.29, 1.82) is 0 Å². The molecule has 0 fully saturated rings. The number of aliphatic hydroxyl groups is 1. The van der Waals surface area contributed by atoms with Crippen LogP contribution in [-0.2, 0) is 0 Å². The van der Waals surface area contributed by atoms with Crippen LogP contribution in [-0.4, -0.2) is 11.7 Å². The average molecular weight is 154 g/mol. The Hall–Kier alpha value is -0.300. The van der Waals surface area contributed by atoms with E-state index >= 15 is 0 Å². The number of hydrogen-bond acceptors (Lipinski definition) is 1. The molecule has 0 amide bonds. The van der Waals surface area contributed by atoms with Crippen LogP contribution in [0.2, 0.25) is 0 Å². The maximum Gasteiger partial charge on any atom is 0.0436 e. The van der Waals surface area contributed by atoms with Gasteiger partial charge in [0.15, 0.2) is 0 Å². The van der Waals surface area contributed by atoms with Crippen molar-refractivity contribution in [3.8, 4) is 0 Å². The molecule has 0 heterocycles. The summed E-state index contributed by atoms with van der Waals surface area (Å²) in [6.07, 6.45) is 5.78. The molecule has 0 aliphatic heterocycles. The van der Waals surface area contributed by atoms with E-state index in [4.69, 9.17) is 5.11 Å². The van der Waals surface area contributed by atoms with Gasteiger partial charge >= 0.3 is 0 Å². The molecule has 0 aromatic heterocycles. The molecule has 2 unspecified atom stereocenters. The van der Waals surface area contributed by atoms with Gasteiger partial charge in [0.1, 0.15) is 0 Å². The molecule has 1 heteroatoms. The van der Waals surface area contributed by atoms with Gasteiger partial charge in [-0.25, -0.2) is 0 Å². The summed E-state index contributed by atoms with van der Waals surface area (Å²) in [7, 11) is 0. The van der Waals surface area contributed by atoms with Gasteiger partial charge in [-0.05, 0) is 38.0 Å². The lowest BCUT2D eigenvalue weighted by Crippen LogP contribution is -2.13. The van der Waals surface area contributed by atoms with Gasteiger partial charge in [-0.3, -0.25) is 0 Å². The summed E-state index contributed by atoms with van der Waals surface area (Å²) in [6.45, 7) is 4.81. The molecule has 0 spiro atoms. The van der Waals surface area contributed by atoms with Crippen LogP contribution in [0.3, 0.4) is 0 Å². The molecule has 0 saturated carbocycles. The average Bonchev–Trinajstić information content (AvgIpc) is 1.98. The fourth-order valence-corrected chi connectivity index (χ4v) is 1.82. The summed E-state index contributed by atoms with van der Waals surface area (Å²) in [6, 6.07) is 0. The first kappa shape index (κ1) is 8.79. The van der Waals surface area contributed by atoms with Gasteiger partial charge in [-0.15, -0.1) is 0 Å². The van der Waals surface area contributed by atoms with Crippen LogP contribution in [0.5, 0.6) is 0 Å². The standard InChI is InChI=1S/C10H18O/c1-8-3-4-9(2)10(7-8)5-6-11/h4,8,10-11H,3,5-7H2,1-2H3. The highest BCUT2D eigenvalue weighted by atomic mass is 16.3. The Kier molecular flexibility index (Phi) is 3.13. The lowest BCUT2D eigenvalue weighted by molar-refractivity contribution is 0.250. The quantitative estimate of drug-likeness (QED) is 0.605. The van der Waals surface area contributed by atoms with Crippen molar-refractivity contribution in [3.05, 3.63) is 11.6 Å². The van der Waals surface area contributed by atoms with E-state index in [1.165, 1.54) is 18.4 Å². The minimum atomic E-state index is 0.336. The molecule has 11 heavy (non-hydrogen) atoms. The Morgan fingerprint density at radius 2 is 2.36 bits per heavy atom. The highest BCUT2D eigenvalue weighted by Gasteiger charge is 2.17. The third-order valence-electron chi connectivity index (χ3n) is 2.65. The van der Waals surface area contributed by atoms with Gasteiger partial charge in [0.25, 0.3) is 0 Å². The SMILES string of the molecule is CC1=CCC(C)CC1CCO. The van der Waals surface area contributed by atoms with Crippen LogP contribution in [0.1, 0.15) is 33.1 Å². The minimum Gasteiger partial charge on any atom is -0.396 e. The van der Waals surface area contributed by atoms with E-state index in [1.807, 2.05) is 0 Å². The number of rotatable bonds is 2. The first-order chi connectivity index (χ1) is 5.24. The molecule has 0 aromatic rings. The molecule has 64 valence electrons. The maximum absolute atomic E-state index is 8.80. The van der Waals surface area contributed by atoms with Gasteiger partial charge < -0.3 is 5.11 Å². The lowest BCUT2D eigenvalue weighted by Gasteiger charge is -2.25. The van der Waals surface area contributed by atoms with E-state index in [0.717, 1.165) is 12.3 Å². The summed E-state index contributed by atoms with van der Waals surface area (Å²) >= 11 is 0. The molecule has 1 rings (SSSR count). The van der Waals surface area contributed by atoms with Crippen molar-refractivity contribution in [3.63, 3.8) is 0 Å². The van der Waals surface area contributed by atoms with Crippen LogP contribution in [0.4, 0.5) is 0 Å². The fourth-order valence-electron chi connectivity index (χ4n) is 1.82. The monoisotopic (exact) mass is 154 g/mol. The zero-order chi connectivity index (χ0) is 8.27. The molecule has 0 aromatic carbocycles. The second kappa shape index (κ2) is 3.91. The van der Waals surface area contributed by atoms with Crippen molar-refractivity contribution in [1.82, 2.24) is 0 Å². The van der Waals surface area contributed by atoms with Crippen LogP contribution < -0.4 is 0 Å². The van der Waals surface area contributed by atoms with E-state index in [2.05, 4.69) is 19.9 Å². The second-order valence-corrected chi connectivity index (χ2v) is 3.73. The minimum absolute atomic E-state index is 0.336. The Morgan fingerprint density at radius 3 is 3.00 bits per heavy atom. The molecular weight excluding hydrogens is 136 g/mol. The first-order valence-corrected chi connectivity index (χ1v) is 4.51. The molecule has 0 radical (unpaired) electrons. The van der Waals surface area contributed by atoms with Crippen LogP contribution in [0.25, 0.3) is 0 Å². The van der Waals surface area contributed by atoms with Gasteiger partial charge in [0, 0.05) is 6.61 Å². The largest absolute Gasteiger partial charge is 0.396 e. The predicted octanol–water partition coefficient (Wildman–Crippen LogP) is 2.36. The Morgan fingerprint density at radius 1 is 1.64 bits per heavy atom. The Bertz CT molecular complexity index is 149. The number of hydrogen-bond donors (Lipinski definition) is 1. The fraction of sp³-hybridized carbons (Fsp3) is 0.800. The summed E-state index contributed by atoms with van der Waals surface area (Å²) in [5.74, 6) is 1.47. The summed E-state index contributed by atoms with van der Waals surface area (Å²) in [4.78, 5) is 0. The lowest BCUT2D eigenvalue weighted by atomic mass is 9.81. The molecule has 1 aliphatic rings. The Labute approximate surface area is 69.1 Å². The zero-order valence-corrected chi connectivity index (χ0v) is 7.51. The molecule has 1 N–H and O–H groups in total. The van der Waals surface area contributed by atoms with Crippen LogP contribution in [0.15, 0.2) is 11.6 Å². The number of allylic oxidation sites excluding steroid dienone is 2. The first-order valence-electron chi connectivity index (χ1n) is 4.51. The van der Waals surface area contributed by atoms with E-state index in [0.29, 0.717) is 12.5 Å². The predicted molar refractivity (Wildman–Crippen MR) is 47.3 cm³/mol. The molecule has 0 saturated heterocycles. The highest BCUT2D eigenvalue weighted by molar-refractivity contribution is 5.07. The van der Waals surface area contributed by atoms with Gasteiger partial charge in [0.05, 0.1) is 0 Å². The van der Waals surface area contributed by atoms with Gasteiger partial charge in [-0.2, -0.15) is 0 Å². The van der Waals surface area contributed by atoms with Crippen molar-refractivity contribution in [2.45, 2.75) is 33.1 Å². The van der Waals surface area contributed by atoms with Crippen molar-refractivity contribution >= 4 is 0 Å². The third kappa shape index (κ3) is 2.33. The maximum atomic E-state index is 8.80. The molecule has 1 nitrogen and oxygen atoms in total. The summed E-state index contributed by atoms with van der Waals surface area (Å²) < 4.78 is 0. The van der Waals surface area contributed by atoms with Crippen LogP contribution in [0, 0.1) is 11.8 Å². The van der Waals surface area contributed by atoms with Crippen molar-refractivity contribution < 1.29 is 5.11 Å². The van der Waals surface area contributed by atoms with E-state index < -0.39 is 0 Å². The smallest absolute Gasteiger partial charge is 0.0436 e. The van der Waals surface area contributed by atoms with Gasteiger partial charge in [-0.1, -0.05) is 18.6 Å². The summed E-state index contributed by atoms with van der Waals surface area (Å²) in [5.41, 5.74) is 1.48.